The van der Waals surface area contributed by atoms with Crippen molar-refractivity contribution in [1.82, 2.24) is 35.1 Å². The summed E-state index contributed by atoms with van der Waals surface area (Å²) >= 11 is 1.44. The number of nitrogens with one attached hydrogen (secondary N) is 2. The van der Waals surface area contributed by atoms with Crippen molar-refractivity contribution in [3.63, 3.8) is 0 Å². The van der Waals surface area contributed by atoms with E-state index in [-0.39, 0.29) is 17.9 Å². The molecule has 0 radical (unpaired) electrons. The summed E-state index contributed by atoms with van der Waals surface area (Å²) in [5.74, 6) is -0.123. The van der Waals surface area contributed by atoms with Crippen molar-refractivity contribution in [2.45, 2.75) is 19.3 Å². The molecule has 0 aliphatic rings. The molecule has 0 bridgehead atoms. The number of amides is 1. The molecule has 0 fully saturated rings. The third kappa shape index (κ3) is 3.45. The summed E-state index contributed by atoms with van der Waals surface area (Å²) in [4.78, 5) is 31.9. The van der Waals surface area contributed by atoms with Crippen LogP contribution in [0, 0.1) is 0 Å². The molecule has 0 aliphatic carbocycles. The van der Waals surface area contributed by atoms with Crippen LogP contribution in [-0.2, 0) is 17.6 Å². The van der Waals surface area contributed by atoms with Gasteiger partial charge in [-0.05, 0) is 12.1 Å². The molecule has 2 N–H and O–H groups in total. The number of hydrogen-bond acceptors (Lipinski definition) is 7. The largest absolute Gasteiger partial charge is 0.356 e. The second kappa shape index (κ2) is 7.00. The van der Waals surface area contributed by atoms with Crippen molar-refractivity contribution in [3.05, 3.63) is 51.6 Å². The van der Waals surface area contributed by atoms with Crippen molar-refractivity contribution < 1.29 is 4.79 Å². The third-order valence-corrected chi connectivity index (χ3v) is 4.82. The lowest BCUT2D eigenvalue weighted by Gasteiger charge is -2.04. The van der Waals surface area contributed by atoms with Crippen LogP contribution in [0.25, 0.3) is 16.0 Å². The van der Waals surface area contributed by atoms with E-state index in [4.69, 9.17) is 0 Å². The van der Waals surface area contributed by atoms with Crippen LogP contribution in [0.15, 0.2) is 35.4 Å². The maximum Gasteiger partial charge on any atom is 0.270 e. The number of benzene rings is 1. The first-order valence-electron chi connectivity index (χ1n) is 8.09. The van der Waals surface area contributed by atoms with E-state index in [2.05, 4.69) is 30.6 Å². The molecule has 0 unspecified atom stereocenters. The minimum Gasteiger partial charge on any atom is -0.356 e. The molecular formula is C16H15N7O2S. The van der Waals surface area contributed by atoms with Crippen LogP contribution in [0.2, 0.25) is 0 Å². The van der Waals surface area contributed by atoms with Crippen molar-refractivity contribution in [3.8, 4) is 0 Å². The number of carbonyl (C=O) groups excluding carboxylic acids is 1. The molecule has 0 spiro atoms. The fourth-order valence-electron chi connectivity index (χ4n) is 2.57. The maximum atomic E-state index is 12.0. The van der Waals surface area contributed by atoms with E-state index in [1.54, 1.807) is 16.9 Å². The van der Waals surface area contributed by atoms with Crippen molar-refractivity contribution >= 4 is 33.2 Å². The molecule has 0 saturated carbocycles. The van der Waals surface area contributed by atoms with Gasteiger partial charge in [-0.1, -0.05) is 23.5 Å². The first-order valence-corrected chi connectivity index (χ1v) is 8.91. The highest BCUT2D eigenvalue weighted by molar-refractivity contribution is 7.16. The number of para-hydroxylation sites is 2. The van der Waals surface area contributed by atoms with E-state index < -0.39 is 0 Å². The molecule has 0 saturated heterocycles. The number of fused-ring (bicyclic) bond motifs is 2. The molecule has 9 nitrogen and oxygen atoms in total. The number of carbonyl (C=O) groups is 1. The molecule has 3 heterocycles. The summed E-state index contributed by atoms with van der Waals surface area (Å²) in [5, 5.41) is 15.7. The van der Waals surface area contributed by atoms with E-state index in [0.29, 0.717) is 36.1 Å². The van der Waals surface area contributed by atoms with E-state index in [9.17, 15) is 9.59 Å². The molecule has 0 atom stereocenters. The highest BCUT2D eigenvalue weighted by Gasteiger charge is 2.09. The summed E-state index contributed by atoms with van der Waals surface area (Å²) in [7, 11) is 0. The predicted octanol–water partition coefficient (Wildman–Crippen LogP) is 0.714. The van der Waals surface area contributed by atoms with Gasteiger partial charge in [0.15, 0.2) is 0 Å². The Labute approximate surface area is 151 Å². The average molecular weight is 369 g/mol. The zero-order chi connectivity index (χ0) is 17.9. The second-order valence-corrected chi connectivity index (χ2v) is 6.72. The van der Waals surface area contributed by atoms with Crippen molar-refractivity contribution in [2.75, 3.05) is 6.54 Å². The lowest BCUT2D eigenvalue weighted by Crippen LogP contribution is -2.27. The molecule has 4 aromatic rings. The topological polar surface area (TPSA) is 118 Å². The minimum atomic E-state index is -0.253. The van der Waals surface area contributed by atoms with Gasteiger partial charge in [0.25, 0.3) is 5.56 Å². The SMILES string of the molecule is O=C(CCc1nc2ccccc2[nH]c1=O)NCCc1nn2cnnc2s1. The molecule has 4 rings (SSSR count). The lowest BCUT2D eigenvalue weighted by atomic mass is 10.2. The summed E-state index contributed by atoms with van der Waals surface area (Å²) in [6.07, 6.45) is 2.67. The summed E-state index contributed by atoms with van der Waals surface area (Å²) < 4.78 is 1.61. The van der Waals surface area contributed by atoms with Crippen molar-refractivity contribution in [1.29, 1.82) is 0 Å². The van der Waals surface area contributed by atoms with Gasteiger partial charge in [0.2, 0.25) is 10.9 Å². The third-order valence-electron chi connectivity index (χ3n) is 3.85. The Morgan fingerprint density at radius 3 is 3.04 bits per heavy atom. The fraction of sp³-hybridized carbons (Fsp3) is 0.250. The number of aromatic amines is 1. The average Bonchev–Trinajstić information content (AvgIpc) is 3.21. The Morgan fingerprint density at radius 1 is 1.27 bits per heavy atom. The first kappa shape index (κ1) is 16.3. The standard InChI is InChI=1S/C16H15N7O2S/c24-13(17-8-7-14-22-23-9-18-21-16(23)26-14)6-5-12-15(25)20-11-4-2-1-3-10(11)19-12/h1-4,9H,5-8H2,(H,17,24)(H,20,25). The number of rotatable bonds is 6. The van der Waals surface area contributed by atoms with Gasteiger partial charge in [-0.3, -0.25) is 9.59 Å². The number of nitrogens with zero attached hydrogens (tertiary/aromatic N) is 5. The van der Waals surface area contributed by atoms with E-state index in [1.807, 2.05) is 18.2 Å². The van der Waals surface area contributed by atoms with Crippen LogP contribution >= 0.6 is 11.3 Å². The van der Waals surface area contributed by atoms with Gasteiger partial charge in [0, 0.05) is 25.8 Å². The summed E-state index contributed by atoms with van der Waals surface area (Å²) in [5.41, 5.74) is 1.52. The van der Waals surface area contributed by atoms with E-state index in [1.165, 1.54) is 11.3 Å². The summed E-state index contributed by atoms with van der Waals surface area (Å²) in [6.45, 7) is 0.477. The molecule has 3 aromatic heterocycles. The Bertz CT molecular complexity index is 1100. The van der Waals surface area contributed by atoms with E-state index in [0.717, 1.165) is 9.97 Å². The van der Waals surface area contributed by atoms with Crippen LogP contribution in [0.5, 0.6) is 0 Å². The Kier molecular flexibility index (Phi) is 4.40. The van der Waals surface area contributed by atoms with Gasteiger partial charge >= 0.3 is 0 Å². The van der Waals surface area contributed by atoms with Crippen LogP contribution in [0.4, 0.5) is 0 Å². The molecule has 0 aliphatic heterocycles. The van der Waals surface area contributed by atoms with Crippen molar-refractivity contribution in [2.24, 2.45) is 0 Å². The van der Waals surface area contributed by atoms with Crippen LogP contribution in [0.1, 0.15) is 17.1 Å². The molecule has 10 heteroatoms. The zero-order valence-electron chi connectivity index (χ0n) is 13.7. The smallest absolute Gasteiger partial charge is 0.270 e. The van der Waals surface area contributed by atoms with Gasteiger partial charge in [0.1, 0.15) is 17.0 Å². The van der Waals surface area contributed by atoms with Gasteiger partial charge in [-0.2, -0.15) is 9.61 Å². The number of hydrogen-bond donors (Lipinski definition) is 2. The molecule has 1 amide bonds. The number of aromatic nitrogens is 6. The summed E-state index contributed by atoms with van der Waals surface area (Å²) in [6, 6.07) is 7.32. The zero-order valence-corrected chi connectivity index (χ0v) is 14.5. The number of aryl methyl sites for hydroxylation is 1. The molecule has 132 valence electrons. The van der Waals surface area contributed by atoms with Crippen LogP contribution < -0.4 is 10.9 Å². The van der Waals surface area contributed by atoms with Gasteiger partial charge < -0.3 is 10.3 Å². The normalized spacial score (nSPS) is 11.2. The monoisotopic (exact) mass is 369 g/mol. The van der Waals surface area contributed by atoms with Gasteiger partial charge in [-0.25, -0.2) is 4.98 Å². The minimum absolute atomic E-state index is 0.123. The van der Waals surface area contributed by atoms with Crippen LogP contribution in [0.3, 0.4) is 0 Å². The Morgan fingerprint density at radius 2 is 2.15 bits per heavy atom. The Hall–Kier alpha value is -3.14. The first-order chi connectivity index (χ1) is 12.7. The van der Waals surface area contributed by atoms with E-state index >= 15 is 0 Å². The Balaban J connectivity index is 1.30. The maximum absolute atomic E-state index is 12.0. The highest BCUT2D eigenvalue weighted by Crippen LogP contribution is 2.11. The lowest BCUT2D eigenvalue weighted by molar-refractivity contribution is -0.121. The predicted molar refractivity (Wildman–Crippen MR) is 96.1 cm³/mol. The van der Waals surface area contributed by atoms with Crippen LogP contribution in [-0.4, -0.2) is 42.2 Å². The highest BCUT2D eigenvalue weighted by atomic mass is 32.1. The fourth-order valence-corrected chi connectivity index (χ4v) is 3.38. The molecule has 1 aromatic carbocycles. The van der Waals surface area contributed by atoms with Gasteiger partial charge in [-0.15, -0.1) is 10.2 Å². The molecular weight excluding hydrogens is 354 g/mol. The number of H-pyrrole nitrogens is 1. The quantitative estimate of drug-likeness (QED) is 0.517. The molecule has 26 heavy (non-hydrogen) atoms. The van der Waals surface area contributed by atoms with Gasteiger partial charge in [0.05, 0.1) is 11.0 Å². The second-order valence-electron chi connectivity index (χ2n) is 5.68.